The van der Waals surface area contributed by atoms with Crippen molar-refractivity contribution in [1.29, 1.82) is 0 Å². The Bertz CT molecular complexity index is 910. The van der Waals surface area contributed by atoms with Gasteiger partial charge in [0, 0.05) is 50.9 Å². The summed E-state index contributed by atoms with van der Waals surface area (Å²) in [4.78, 5) is 14.1. The van der Waals surface area contributed by atoms with Gasteiger partial charge >= 0.3 is 6.61 Å². The monoisotopic (exact) mass is 473 g/mol. The lowest BCUT2D eigenvalue weighted by atomic mass is 10.1. The number of methoxy groups -OCH3 is 1. The summed E-state index contributed by atoms with van der Waals surface area (Å²) in [7, 11) is -2.19. The highest BCUT2D eigenvalue weighted by molar-refractivity contribution is 7.86. The lowest BCUT2D eigenvalue weighted by molar-refractivity contribution is -0.127. The zero-order valence-electron chi connectivity index (χ0n) is 18.1. The maximum absolute atomic E-state index is 12.9. The molecule has 0 radical (unpaired) electrons. The summed E-state index contributed by atoms with van der Waals surface area (Å²) < 4.78 is 63.9. The standard InChI is InChI=1S/C21H29F2N3O5S/c1-30-18-8-6-7-17(20(18)31-21(22)23)9-10-19(27)24-13-15-26(16-14-24)32(28,29)25-11-4-2-3-5-12-25/h6-10,21H,2-5,11-16H2,1H3/b10-9+. The van der Waals surface area contributed by atoms with Crippen molar-refractivity contribution in [3.8, 4) is 11.5 Å². The van der Waals surface area contributed by atoms with E-state index in [1.54, 1.807) is 15.3 Å². The Balaban J connectivity index is 1.62. The van der Waals surface area contributed by atoms with Crippen molar-refractivity contribution in [2.75, 3.05) is 46.4 Å². The van der Waals surface area contributed by atoms with Crippen molar-refractivity contribution in [3.05, 3.63) is 29.8 Å². The molecule has 0 unspecified atom stereocenters. The largest absolute Gasteiger partial charge is 0.493 e. The molecule has 0 bridgehead atoms. The van der Waals surface area contributed by atoms with Crippen LogP contribution in [0.5, 0.6) is 11.5 Å². The predicted molar refractivity (Wildman–Crippen MR) is 116 cm³/mol. The van der Waals surface area contributed by atoms with Gasteiger partial charge in [-0.2, -0.15) is 25.8 Å². The smallest absolute Gasteiger partial charge is 0.387 e. The molecule has 0 saturated carbocycles. The first-order valence-electron chi connectivity index (χ1n) is 10.7. The highest BCUT2D eigenvalue weighted by Crippen LogP contribution is 2.33. The molecule has 2 saturated heterocycles. The SMILES string of the molecule is COc1cccc(/C=C/C(=O)N2CCN(S(=O)(=O)N3CCCCCC3)CC2)c1OC(F)F. The molecule has 3 rings (SSSR count). The second-order valence-corrected chi connectivity index (χ2v) is 9.56. The zero-order chi connectivity index (χ0) is 23.1. The molecule has 2 aliphatic heterocycles. The quantitative estimate of drug-likeness (QED) is 0.569. The molecule has 0 spiro atoms. The summed E-state index contributed by atoms with van der Waals surface area (Å²) in [6.07, 6.45) is 6.47. The van der Waals surface area contributed by atoms with Crippen molar-refractivity contribution in [1.82, 2.24) is 13.5 Å². The van der Waals surface area contributed by atoms with Gasteiger partial charge in [-0.3, -0.25) is 4.79 Å². The van der Waals surface area contributed by atoms with Crippen LogP contribution in [-0.4, -0.2) is 80.8 Å². The predicted octanol–water partition coefficient (Wildman–Crippen LogP) is 2.57. The third-order valence-corrected chi connectivity index (χ3v) is 7.65. The van der Waals surface area contributed by atoms with Crippen LogP contribution < -0.4 is 9.47 Å². The molecular weight excluding hydrogens is 444 g/mol. The molecule has 11 heteroatoms. The van der Waals surface area contributed by atoms with Gasteiger partial charge in [-0.25, -0.2) is 0 Å². The molecule has 8 nitrogen and oxygen atoms in total. The molecule has 2 aliphatic rings. The number of nitrogens with zero attached hydrogens (tertiary/aromatic N) is 3. The molecule has 0 aliphatic carbocycles. The van der Waals surface area contributed by atoms with Crippen LogP contribution in [0.25, 0.3) is 6.08 Å². The summed E-state index contributed by atoms with van der Waals surface area (Å²) >= 11 is 0. The summed E-state index contributed by atoms with van der Waals surface area (Å²) in [5, 5.41) is 0. The van der Waals surface area contributed by atoms with E-state index in [-0.39, 0.29) is 49.1 Å². The molecule has 1 aromatic carbocycles. The lowest BCUT2D eigenvalue weighted by Gasteiger charge is -2.36. The van der Waals surface area contributed by atoms with Crippen molar-refractivity contribution in [3.63, 3.8) is 0 Å². The molecule has 0 aromatic heterocycles. The van der Waals surface area contributed by atoms with Gasteiger partial charge in [0.05, 0.1) is 7.11 Å². The van der Waals surface area contributed by atoms with E-state index in [9.17, 15) is 22.0 Å². The molecule has 1 aromatic rings. The van der Waals surface area contributed by atoms with Crippen molar-refractivity contribution >= 4 is 22.2 Å². The third kappa shape index (κ3) is 5.96. The van der Waals surface area contributed by atoms with Crippen LogP contribution in [0.3, 0.4) is 0 Å². The first-order chi connectivity index (χ1) is 15.3. The lowest BCUT2D eigenvalue weighted by Crippen LogP contribution is -2.54. The van der Waals surface area contributed by atoms with E-state index in [2.05, 4.69) is 4.74 Å². The highest BCUT2D eigenvalue weighted by Gasteiger charge is 2.33. The number of carbonyl (C=O) groups excluding carboxylic acids is 1. The maximum atomic E-state index is 12.9. The molecule has 0 atom stereocenters. The fourth-order valence-corrected chi connectivity index (χ4v) is 5.55. The van der Waals surface area contributed by atoms with E-state index >= 15 is 0 Å². The number of ether oxygens (including phenoxy) is 2. The fraction of sp³-hybridized carbons (Fsp3) is 0.571. The summed E-state index contributed by atoms with van der Waals surface area (Å²) in [5.41, 5.74) is 0.278. The van der Waals surface area contributed by atoms with Gasteiger partial charge in [-0.15, -0.1) is 0 Å². The number of halogens is 2. The molecule has 32 heavy (non-hydrogen) atoms. The summed E-state index contributed by atoms with van der Waals surface area (Å²) in [6.45, 7) is -1.01. The number of hydrogen-bond donors (Lipinski definition) is 0. The Morgan fingerprint density at radius 3 is 2.22 bits per heavy atom. The molecule has 178 valence electrons. The second kappa shape index (κ2) is 11.1. The van der Waals surface area contributed by atoms with Crippen molar-refractivity contribution in [2.45, 2.75) is 32.3 Å². The van der Waals surface area contributed by atoms with E-state index in [1.807, 2.05) is 0 Å². The van der Waals surface area contributed by atoms with Crippen LogP contribution in [-0.2, 0) is 15.0 Å². The van der Waals surface area contributed by atoms with Gasteiger partial charge in [0.1, 0.15) is 0 Å². The summed E-state index contributed by atoms with van der Waals surface area (Å²) in [5.74, 6) is -0.350. The summed E-state index contributed by atoms with van der Waals surface area (Å²) in [6, 6.07) is 4.63. The minimum absolute atomic E-state index is 0.132. The molecule has 0 N–H and O–H groups in total. The minimum atomic E-state index is -3.53. The topological polar surface area (TPSA) is 79.4 Å². The number of hydrogen-bond acceptors (Lipinski definition) is 5. The number of alkyl halides is 2. The van der Waals surface area contributed by atoms with Gasteiger partial charge in [-0.1, -0.05) is 25.0 Å². The second-order valence-electron chi connectivity index (χ2n) is 7.64. The van der Waals surface area contributed by atoms with Gasteiger partial charge in [-0.05, 0) is 25.0 Å². The number of rotatable bonds is 7. The minimum Gasteiger partial charge on any atom is -0.493 e. The number of benzene rings is 1. The zero-order valence-corrected chi connectivity index (χ0v) is 18.9. The Morgan fingerprint density at radius 1 is 1.00 bits per heavy atom. The van der Waals surface area contributed by atoms with Crippen LogP contribution in [0.4, 0.5) is 8.78 Å². The third-order valence-electron chi connectivity index (χ3n) is 5.61. The van der Waals surface area contributed by atoms with Crippen molar-refractivity contribution in [2.24, 2.45) is 0 Å². The van der Waals surface area contributed by atoms with Crippen LogP contribution in [0.2, 0.25) is 0 Å². The average molecular weight is 474 g/mol. The number of amides is 1. The fourth-order valence-electron chi connectivity index (χ4n) is 3.88. The van der Waals surface area contributed by atoms with Gasteiger partial charge in [0.2, 0.25) is 5.91 Å². The highest BCUT2D eigenvalue weighted by atomic mass is 32.2. The Labute approximate surface area is 187 Å². The average Bonchev–Trinajstić information content (AvgIpc) is 3.08. The maximum Gasteiger partial charge on any atom is 0.387 e. The first kappa shape index (κ1) is 24.4. The van der Waals surface area contributed by atoms with E-state index in [1.165, 1.54) is 35.7 Å². The Hall–Kier alpha value is -2.24. The normalized spacial score (nSPS) is 19.3. The van der Waals surface area contributed by atoms with Crippen molar-refractivity contribution < 1.29 is 31.5 Å². The molecular formula is C21H29F2N3O5S. The van der Waals surface area contributed by atoms with Crippen LogP contribution in [0.15, 0.2) is 24.3 Å². The molecule has 1 amide bonds. The van der Waals surface area contributed by atoms with E-state index in [0.717, 1.165) is 25.7 Å². The molecule has 2 heterocycles. The van der Waals surface area contributed by atoms with Crippen LogP contribution >= 0.6 is 0 Å². The Kier molecular flexibility index (Phi) is 8.44. The van der Waals surface area contributed by atoms with Gasteiger partial charge in [0.15, 0.2) is 11.5 Å². The van der Waals surface area contributed by atoms with E-state index in [4.69, 9.17) is 4.74 Å². The Morgan fingerprint density at radius 2 is 1.62 bits per heavy atom. The van der Waals surface area contributed by atoms with E-state index < -0.39 is 16.8 Å². The van der Waals surface area contributed by atoms with Crippen LogP contribution in [0, 0.1) is 0 Å². The van der Waals surface area contributed by atoms with E-state index in [0.29, 0.717) is 13.1 Å². The molecule has 2 fully saturated rings. The first-order valence-corrected chi connectivity index (χ1v) is 12.1. The van der Waals surface area contributed by atoms with Gasteiger partial charge < -0.3 is 14.4 Å². The number of carbonyl (C=O) groups is 1. The van der Waals surface area contributed by atoms with Gasteiger partial charge in [0.25, 0.3) is 10.2 Å². The number of para-hydroxylation sites is 1. The van der Waals surface area contributed by atoms with Crippen LogP contribution in [0.1, 0.15) is 31.2 Å². The number of piperazine rings is 1.